The number of rotatable bonds is 8. The summed E-state index contributed by atoms with van der Waals surface area (Å²) in [5, 5.41) is 4.59. The molecule has 0 radical (unpaired) electrons. The van der Waals surface area contributed by atoms with Gasteiger partial charge in [-0.25, -0.2) is 4.98 Å². The molecule has 4 rings (SSSR count). The molecule has 11 heteroatoms. The summed E-state index contributed by atoms with van der Waals surface area (Å²) in [6.45, 7) is 0.292. The number of benzene rings is 2. The van der Waals surface area contributed by atoms with Crippen molar-refractivity contribution in [3.63, 3.8) is 0 Å². The highest BCUT2D eigenvalue weighted by Gasteiger charge is 2.20. The number of carbonyl (C=O) groups is 1. The molecule has 4 aromatic rings. The van der Waals surface area contributed by atoms with Crippen LogP contribution in [0.1, 0.15) is 27.2 Å². The van der Waals surface area contributed by atoms with Gasteiger partial charge in [-0.05, 0) is 35.9 Å². The molecule has 0 saturated heterocycles. The van der Waals surface area contributed by atoms with Crippen molar-refractivity contribution in [3.05, 3.63) is 64.0 Å². The molecule has 2 aromatic heterocycles. The molecule has 0 atom stereocenters. The zero-order chi connectivity index (χ0) is 26.0. The highest BCUT2D eigenvalue weighted by Crippen LogP contribution is 2.40. The zero-order valence-corrected chi connectivity index (χ0v) is 21.1. The minimum atomic E-state index is -0.143. The molecule has 0 saturated carbocycles. The Labute approximate surface area is 213 Å². The zero-order valence-electron chi connectivity index (χ0n) is 20.4. The van der Waals surface area contributed by atoms with Crippen molar-refractivity contribution in [3.8, 4) is 11.5 Å². The number of nitrogens with two attached hydrogens (primary N) is 2. The van der Waals surface area contributed by atoms with Crippen LogP contribution >= 0.6 is 11.6 Å². The summed E-state index contributed by atoms with van der Waals surface area (Å²) in [5.74, 6) is 1.86. The number of nitrogens with one attached hydrogen (secondary N) is 1. The Kier molecular flexibility index (Phi) is 7.07. The number of nitrogens with zero attached hydrogens (tertiary/aromatic N) is 3. The average Bonchev–Trinajstić information content (AvgIpc) is 3.28. The number of fused-ring (bicyclic) bond motifs is 1. The second-order valence-electron chi connectivity index (χ2n) is 8.29. The van der Waals surface area contributed by atoms with E-state index in [1.54, 1.807) is 52.7 Å². The molecule has 0 aliphatic carbocycles. The molecule has 0 unspecified atom stereocenters. The molecule has 0 bridgehead atoms. The van der Waals surface area contributed by atoms with Crippen LogP contribution in [-0.2, 0) is 13.0 Å². The Bertz CT molecular complexity index is 1440. The molecule has 0 aliphatic heterocycles. The van der Waals surface area contributed by atoms with E-state index in [1.807, 2.05) is 12.1 Å². The number of hydrogen-bond donors (Lipinski definition) is 3. The van der Waals surface area contributed by atoms with Crippen molar-refractivity contribution in [2.24, 2.45) is 0 Å². The number of ether oxygens (including phenoxy) is 2. The minimum Gasteiger partial charge on any atom is -0.493 e. The van der Waals surface area contributed by atoms with E-state index in [2.05, 4.69) is 15.3 Å². The van der Waals surface area contributed by atoms with Gasteiger partial charge < -0.3 is 35.6 Å². The Morgan fingerprint density at radius 1 is 1.14 bits per heavy atom. The van der Waals surface area contributed by atoms with Crippen LogP contribution in [0.2, 0.25) is 5.02 Å². The Morgan fingerprint density at radius 3 is 2.58 bits per heavy atom. The van der Waals surface area contributed by atoms with Gasteiger partial charge in [0, 0.05) is 48.4 Å². The first-order chi connectivity index (χ1) is 17.2. The standard InChI is InChI=1S/C25H27ClN6O4/c1-32(2)24(33)17-6-5-15(26)9-19(17)29-12-16-10-18-13(7-14-11-30-25(28)31-23(14)27)8-20(34-3)22(35-4)21(18)36-16/h5-6,8-11,29H,7,12H2,1-4H3,(H4,27,28,30,31). The number of anilines is 3. The molecule has 2 heterocycles. The van der Waals surface area contributed by atoms with Crippen molar-refractivity contribution in [2.75, 3.05) is 45.1 Å². The predicted molar refractivity (Wildman–Crippen MR) is 140 cm³/mol. The van der Waals surface area contributed by atoms with E-state index >= 15 is 0 Å². The molecule has 10 nitrogen and oxygen atoms in total. The Morgan fingerprint density at radius 2 is 1.92 bits per heavy atom. The summed E-state index contributed by atoms with van der Waals surface area (Å²) in [4.78, 5) is 22.2. The Hall–Kier alpha value is -4.18. The summed E-state index contributed by atoms with van der Waals surface area (Å²) in [5.41, 5.74) is 14.9. The van der Waals surface area contributed by atoms with E-state index in [0.717, 1.165) is 10.9 Å². The van der Waals surface area contributed by atoms with Crippen molar-refractivity contribution in [2.45, 2.75) is 13.0 Å². The van der Waals surface area contributed by atoms with Gasteiger partial charge in [0.25, 0.3) is 5.91 Å². The quantitative estimate of drug-likeness (QED) is 0.321. The van der Waals surface area contributed by atoms with E-state index in [-0.39, 0.29) is 11.9 Å². The van der Waals surface area contributed by atoms with Crippen LogP contribution in [0.25, 0.3) is 11.0 Å². The van der Waals surface area contributed by atoms with Crippen LogP contribution < -0.4 is 26.3 Å². The molecular formula is C25H27ClN6O4. The molecule has 188 valence electrons. The predicted octanol–water partition coefficient (Wildman–Crippen LogP) is 3.96. The molecule has 5 N–H and O–H groups in total. The van der Waals surface area contributed by atoms with Crippen molar-refractivity contribution >= 4 is 45.9 Å². The fourth-order valence-electron chi connectivity index (χ4n) is 3.89. The van der Waals surface area contributed by atoms with E-state index in [4.69, 9.17) is 37.0 Å². The highest BCUT2D eigenvalue weighted by atomic mass is 35.5. The van der Waals surface area contributed by atoms with Crippen molar-refractivity contribution in [1.82, 2.24) is 14.9 Å². The molecule has 0 aliphatic rings. The van der Waals surface area contributed by atoms with E-state index in [0.29, 0.717) is 63.5 Å². The van der Waals surface area contributed by atoms with Gasteiger partial charge in [-0.15, -0.1) is 0 Å². The van der Waals surface area contributed by atoms with E-state index in [9.17, 15) is 4.79 Å². The van der Waals surface area contributed by atoms with Gasteiger partial charge in [-0.1, -0.05) is 11.6 Å². The normalized spacial score (nSPS) is 10.9. The van der Waals surface area contributed by atoms with Gasteiger partial charge >= 0.3 is 0 Å². The lowest BCUT2D eigenvalue weighted by atomic mass is 10.0. The molecular weight excluding hydrogens is 484 g/mol. The third kappa shape index (κ3) is 4.94. The topological polar surface area (TPSA) is 142 Å². The van der Waals surface area contributed by atoms with E-state index < -0.39 is 0 Å². The first kappa shape index (κ1) is 24.9. The third-order valence-corrected chi connectivity index (χ3v) is 5.89. The summed E-state index contributed by atoms with van der Waals surface area (Å²) in [7, 11) is 6.50. The SMILES string of the molecule is COc1cc(Cc2cnc(N)nc2N)c2cc(CNc3cc(Cl)ccc3C(=O)N(C)C)oc2c1OC. The van der Waals surface area contributed by atoms with Crippen LogP contribution in [0.15, 0.2) is 40.9 Å². The maximum absolute atomic E-state index is 12.6. The molecule has 1 amide bonds. The smallest absolute Gasteiger partial charge is 0.255 e. The van der Waals surface area contributed by atoms with Crippen molar-refractivity contribution < 1.29 is 18.7 Å². The molecule has 2 aromatic carbocycles. The number of amides is 1. The number of hydrogen-bond acceptors (Lipinski definition) is 9. The van der Waals surface area contributed by atoms with Crippen molar-refractivity contribution in [1.29, 1.82) is 0 Å². The fourth-order valence-corrected chi connectivity index (χ4v) is 4.06. The minimum absolute atomic E-state index is 0.110. The number of nitrogen functional groups attached to an aromatic ring is 2. The number of halogens is 1. The van der Waals surface area contributed by atoms with Gasteiger partial charge in [-0.3, -0.25) is 4.79 Å². The van der Waals surface area contributed by atoms with Crippen LogP contribution in [0.5, 0.6) is 11.5 Å². The van der Waals surface area contributed by atoms with Gasteiger partial charge in [0.05, 0.1) is 26.3 Å². The molecule has 0 fully saturated rings. The lowest BCUT2D eigenvalue weighted by molar-refractivity contribution is 0.0828. The third-order valence-electron chi connectivity index (χ3n) is 5.66. The number of carbonyl (C=O) groups excluding carboxylic acids is 1. The molecule has 36 heavy (non-hydrogen) atoms. The first-order valence-electron chi connectivity index (χ1n) is 11.0. The van der Waals surface area contributed by atoms with Gasteiger partial charge in [0.1, 0.15) is 11.6 Å². The largest absolute Gasteiger partial charge is 0.493 e. The van der Waals surface area contributed by atoms with Crippen LogP contribution in [0, 0.1) is 0 Å². The van der Waals surface area contributed by atoms with Crippen LogP contribution in [0.4, 0.5) is 17.5 Å². The van der Waals surface area contributed by atoms with Crippen LogP contribution in [-0.4, -0.2) is 49.1 Å². The lowest BCUT2D eigenvalue weighted by Gasteiger charge is -2.15. The second kappa shape index (κ2) is 10.2. The summed E-state index contributed by atoms with van der Waals surface area (Å²) >= 11 is 6.19. The Balaban J connectivity index is 1.72. The van der Waals surface area contributed by atoms with Gasteiger partial charge in [0.2, 0.25) is 11.7 Å². The highest BCUT2D eigenvalue weighted by molar-refractivity contribution is 6.31. The average molecular weight is 511 g/mol. The maximum atomic E-state index is 12.6. The number of methoxy groups -OCH3 is 2. The summed E-state index contributed by atoms with van der Waals surface area (Å²) < 4.78 is 17.3. The second-order valence-corrected chi connectivity index (χ2v) is 8.72. The van der Waals surface area contributed by atoms with Gasteiger partial charge in [0.15, 0.2) is 11.3 Å². The number of furan rings is 1. The van der Waals surface area contributed by atoms with E-state index in [1.165, 1.54) is 4.90 Å². The van der Waals surface area contributed by atoms with Gasteiger partial charge in [-0.2, -0.15) is 4.98 Å². The number of aromatic nitrogens is 2. The maximum Gasteiger partial charge on any atom is 0.255 e. The first-order valence-corrected chi connectivity index (χ1v) is 11.4. The summed E-state index contributed by atoms with van der Waals surface area (Å²) in [6, 6.07) is 8.86. The fraction of sp³-hybridized carbons (Fsp3) is 0.240. The van der Waals surface area contributed by atoms with Crippen LogP contribution in [0.3, 0.4) is 0 Å². The molecule has 0 spiro atoms. The lowest BCUT2D eigenvalue weighted by Crippen LogP contribution is -2.22. The summed E-state index contributed by atoms with van der Waals surface area (Å²) in [6.07, 6.45) is 2.02. The monoisotopic (exact) mass is 510 g/mol.